The molecule has 3 aromatic heterocycles. The minimum Gasteiger partial charge on any atom is -0.350 e. The molecule has 3 rings (SSSR count). The highest BCUT2D eigenvalue weighted by Gasteiger charge is 2.20. The van der Waals surface area contributed by atoms with Gasteiger partial charge in [-0.25, -0.2) is 9.97 Å². The summed E-state index contributed by atoms with van der Waals surface area (Å²) in [6.45, 7) is 3.28. The Kier molecular flexibility index (Phi) is 5.15. The van der Waals surface area contributed by atoms with E-state index in [9.17, 15) is 4.79 Å². The number of nitrogens with zero attached hydrogens (tertiary/aromatic N) is 3. The molecule has 1 amide bonds. The lowest BCUT2D eigenvalue weighted by Gasteiger charge is -2.09. The van der Waals surface area contributed by atoms with Gasteiger partial charge in [0.05, 0.1) is 15.1 Å². The van der Waals surface area contributed by atoms with E-state index in [4.69, 9.17) is 11.6 Å². The van der Waals surface area contributed by atoms with Crippen molar-refractivity contribution in [1.29, 1.82) is 0 Å². The summed E-state index contributed by atoms with van der Waals surface area (Å²) >= 11 is 9.29. The molecule has 5 nitrogen and oxygen atoms in total. The van der Waals surface area contributed by atoms with E-state index in [0.29, 0.717) is 22.4 Å². The number of amides is 1. The zero-order chi connectivity index (χ0) is 17.3. The molecule has 3 heterocycles. The largest absolute Gasteiger partial charge is 0.350 e. The summed E-state index contributed by atoms with van der Waals surface area (Å²) in [5.41, 5.74) is 0.833. The molecule has 0 unspecified atom stereocenters. The molecule has 0 bridgehead atoms. The molecular formula is C16H17ClN4OS2. The lowest BCUT2D eigenvalue weighted by Crippen LogP contribution is -2.31. The lowest BCUT2D eigenvalue weighted by atomic mass is 10.2. The lowest BCUT2D eigenvalue weighted by molar-refractivity contribution is 0.0954. The number of fused-ring (bicyclic) bond motifs is 1. The second-order valence-electron chi connectivity index (χ2n) is 5.61. The third-order valence-electron chi connectivity index (χ3n) is 3.54. The van der Waals surface area contributed by atoms with Gasteiger partial charge < -0.3 is 10.2 Å². The molecule has 0 aliphatic rings. The molecule has 0 aliphatic heterocycles. The van der Waals surface area contributed by atoms with E-state index in [1.165, 1.54) is 11.3 Å². The summed E-state index contributed by atoms with van der Waals surface area (Å²) in [7, 11) is 3.94. The van der Waals surface area contributed by atoms with Crippen molar-refractivity contribution >= 4 is 50.4 Å². The second-order valence-corrected chi connectivity index (χ2v) is 7.92. The minimum absolute atomic E-state index is 0.0916. The summed E-state index contributed by atoms with van der Waals surface area (Å²) in [5.74, 6) is 0.509. The van der Waals surface area contributed by atoms with Gasteiger partial charge in [0.25, 0.3) is 5.91 Å². The molecule has 0 saturated heterocycles. The smallest absolute Gasteiger partial charge is 0.261 e. The number of nitrogens with one attached hydrogen (secondary N) is 1. The molecule has 0 fully saturated rings. The van der Waals surface area contributed by atoms with Crippen LogP contribution in [0.1, 0.15) is 15.2 Å². The van der Waals surface area contributed by atoms with Crippen LogP contribution < -0.4 is 5.32 Å². The van der Waals surface area contributed by atoms with Crippen LogP contribution in [0.3, 0.4) is 0 Å². The standard InChI is InChI=1S/C16H17ClN4OS2/c1-9-11-13(17)19-14(10-5-4-8-23-10)20-16(11)24-12(9)15(22)18-6-7-21(2)3/h4-5,8H,6-7H2,1-3H3,(H,18,22). The van der Waals surface area contributed by atoms with Gasteiger partial charge in [0.1, 0.15) is 9.98 Å². The molecule has 3 aromatic rings. The van der Waals surface area contributed by atoms with Gasteiger partial charge in [-0.05, 0) is 38.0 Å². The number of hydrogen-bond acceptors (Lipinski definition) is 6. The molecule has 1 N–H and O–H groups in total. The Balaban J connectivity index is 1.95. The molecule has 0 aromatic carbocycles. The highest BCUT2D eigenvalue weighted by molar-refractivity contribution is 7.20. The van der Waals surface area contributed by atoms with Crippen LogP contribution in [0.5, 0.6) is 0 Å². The van der Waals surface area contributed by atoms with E-state index in [1.54, 1.807) is 11.3 Å². The van der Waals surface area contributed by atoms with E-state index in [2.05, 4.69) is 15.3 Å². The SMILES string of the molecule is Cc1c(C(=O)NCCN(C)C)sc2nc(-c3cccs3)nc(Cl)c12. The molecule has 0 saturated carbocycles. The summed E-state index contributed by atoms with van der Waals surface area (Å²) in [6, 6.07) is 3.91. The van der Waals surface area contributed by atoms with Gasteiger partial charge in [0.2, 0.25) is 0 Å². The first-order valence-corrected chi connectivity index (χ1v) is 9.48. The number of thiophene rings is 2. The van der Waals surface area contributed by atoms with E-state index in [-0.39, 0.29) is 5.91 Å². The van der Waals surface area contributed by atoms with Gasteiger partial charge in [0.15, 0.2) is 5.82 Å². The monoisotopic (exact) mass is 380 g/mol. The van der Waals surface area contributed by atoms with Crippen LogP contribution in [0.25, 0.3) is 20.9 Å². The van der Waals surface area contributed by atoms with Crippen LogP contribution in [-0.2, 0) is 0 Å². The maximum atomic E-state index is 12.4. The third-order valence-corrected chi connectivity index (χ3v) is 5.86. The van der Waals surface area contributed by atoms with Crippen LogP contribution in [0.15, 0.2) is 17.5 Å². The molecule has 24 heavy (non-hydrogen) atoms. The van der Waals surface area contributed by atoms with Crippen LogP contribution in [0.2, 0.25) is 5.15 Å². The molecule has 0 aliphatic carbocycles. The first-order valence-electron chi connectivity index (χ1n) is 7.41. The maximum Gasteiger partial charge on any atom is 0.261 e. The van der Waals surface area contributed by atoms with Crippen molar-refractivity contribution in [1.82, 2.24) is 20.2 Å². The number of halogens is 1. The van der Waals surface area contributed by atoms with E-state index >= 15 is 0 Å². The first-order chi connectivity index (χ1) is 11.5. The Hall–Kier alpha value is -1.54. The van der Waals surface area contributed by atoms with Gasteiger partial charge in [-0.15, -0.1) is 22.7 Å². The molecular weight excluding hydrogens is 364 g/mol. The average molecular weight is 381 g/mol. The Bertz CT molecular complexity index is 874. The Labute approximate surface area is 153 Å². The van der Waals surface area contributed by atoms with E-state index in [1.807, 2.05) is 43.4 Å². The summed E-state index contributed by atoms with van der Waals surface area (Å²) in [6.07, 6.45) is 0. The fraction of sp³-hybridized carbons (Fsp3) is 0.312. The highest BCUT2D eigenvalue weighted by Crippen LogP contribution is 2.35. The predicted octanol–water partition coefficient (Wildman–Crippen LogP) is 3.67. The predicted molar refractivity (Wildman–Crippen MR) is 101 cm³/mol. The third kappa shape index (κ3) is 3.44. The van der Waals surface area contributed by atoms with Crippen molar-refractivity contribution in [3.05, 3.63) is 33.1 Å². The van der Waals surface area contributed by atoms with Crippen molar-refractivity contribution < 1.29 is 4.79 Å². The molecule has 0 spiro atoms. The van der Waals surface area contributed by atoms with Gasteiger partial charge >= 0.3 is 0 Å². The molecule has 8 heteroatoms. The van der Waals surface area contributed by atoms with Crippen LogP contribution in [-0.4, -0.2) is 48.0 Å². The van der Waals surface area contributed by atoms with Crippen molar-refractivity contribution in [2.45, 2.75) is 6.92 Å². The fourth-order valence-corrected chi connectivity index (χ4v) is 4.42. The minimum atomic E-state index is -0.0916. The number of aryl methyl sites for hydroxylation is 1. The summed E-state index contributed by atoms with van der Waals surface area (Å²) < 4.78 is 0. The average Bonchev–Trinajstić information content (AvgIpc) is 3.15. The van der Waals surface area contributed by atoms with Crippen molar-refractivity contribution in [3.8, 4) is 10.7 Å². The number of hydrogen-bond donors (Lipinski definition) is 1. The Morgan fingerprint density at radius 2 is 2.17 bits per heavy atom. The topological polar surface area (TPSA) is 58.1 Å². The van der Waals surface area contributed by atoms with Gasteiger partial charge in [0, 0.05) is 13.1 Å². The van der Waals surface area contributed by atoms with Gasteiger partial charge in [-0.3, -0.25) is 4.79 Å². The zero-order valence-corrected chi connectivity index (χ0v) is 16.0. The van der Waals surface area contributed by atoms with E-state index < -0.39 is 0 Å². The number of carbonyl (C=O) groups is 1. The quantitative estimate of drug-likeness (QED) is 0.686. The van der Waals surface area contributed by atoms with Crippen molar-refractivity contribution in [2.24, 2.45) is 0 Å². The van der Waals surface area contributed by atoms with Gasteiger partial charge in [-0.1, -0.05) is 17.7 Å². The first kappa shape index (κ1) is 17.3. The zero-order valence-electron chi connectivity index (χ0n) is 13.6. The van der Waals surface area contributed by atoms with Crippen molar-refractivity contribution in [3.63, 3.8) is 0 Å². The normalized spacial score (nSPS) is 11.4. The van der Waals surface area contributed by atoms with Crippen LogP contribution in [0, 0.1) is 6.92 Å². The molecule has 0 radical (unpaired) electrons. The Morgan fingerprint density at radius 3 is 2.83 bits per heavy atom. The summed E-state index contributed by atoms with van der Waals surface area (Å²) in [4.78, 5) is 25.8. The Morgan fingerprint density at radius 1 is 1.38 bits per heavy atom. The fourth-order valence-electron chi connectivity index (χ4n) is 2.30. The number of aromatic nitrogens is 2. The molecule has 126 valence electrons. The maximum absolute atomic E-state index is 12.4. The number of carbonyl (C=O) groups excluding carboxylic acids is 1. The van der Waals surface area contributed by atoms with Crippen molar-refractivity contribution in [2.75, 3.05) is 27.2 Å². The summed E-state index contributed by atoms with van der Waals surface area (Å²) in [5, 5.41) is 6.06. The number of rotatable bonds is 5. The highest BCUT2D eigenvalue weighted by atomic mass is 35.5. The van der Waals surface area contributed by atoms with Crippen LogP contribution in [0.4, 0.5) is 0 Å². The second kappa shape index (κ2) is 7.14. The van der Waals surface area contributed by atoms with E-state index in [0.717, 1.165) is 27.2 Å². The molecule has 0 atom stereocenters. The van der Waals surface area contributed by atoms with Crippen LogP contribution >= 0.6 is 34.3 Å². The number of likely N-dealkylation sites (N-methyl/N-ethyl adjacent to an activating group) is 1. The van der Waals surface area contributed by atoms with Gasteiger partial charge in [-0.2, -0.15) is 0 Å².